The number of hydrogen-bond acceptors (Lipinski definition) is 9. The third-order valence-electron chi connectivity index (χ3n) is 6.31. The number of fused-ring (bicyclic) bond motifs is 1. The lowest BCUT2D eigenvalue weighted by Crippen LogP contribution is -2.36. The van der Waals surface area contributed by atoms with Crippen molar-refractivity contribution < 1.29 is 44.2 Å². The van der Waals surface area contributed by atoms with Crippen LogP contribution in [0.4, 0.5) is 0 Å². The molecule has 0 bridgehead atoms. The van der Waals surface area contributed by atoms with Crippen molar-refractivity contribution in [3.63, 3.8) is 0 Å². The van der Waals surface area contributed by atoms with Gasteiger partial charge in [0.1, 0.15) is 6.61 Å². The zero-order chi connectivity index (χ0) is 24.8. The zero-order valence-electron chi connectivity index (χ0n) is 19.2. The Morgan fingerprint density at radius 1 is 0.971 bits per heavy atom. The van der Waals surface area contributed by atoms with E-state index in [1.807, 2.05) is 0 Å². The van der Waals surface area contributed by atoms with Gasteiger partial charge in [-0.25, -0.2) is 0 Å². The Bertz CT molecular complexity index is 1030. The fourth-order valence-electron chi connectivity index (χ4n) is 4.54. The molecular formula is C25H30O9. The number of aliphatic hydroxyl groups excluding tert-OH is 2. The van der Waals surface area contributed by atoms with E-state index in [1.54, 1.807) is 24.3 Å². The molecule has 9 heteroatoms. The SMILES string of the molecule is COc1cc([C@H]2c3cc(O)c(OC)cc3C[C@@H](COC(=O)CCC(=O)CO)[C@@H]2CO)ccc1O. The largest absolute Gasteiger partial charge is 0.504 e. The van der Waals surface area contributed by atoms with Crippen molar-refractivity contribution in [1.29, 1.82) is 0 Å². The van der Waals surface area contributed by atoms with Gasteiger partial charge in [-0.05, 0) is 53.3 Å². The maximum absolute atomic E-state index is 12.1. The monoisotopic (exact) mass is 474 g/mol. The molecule has 4 N–H and O–H groups in total. The summed E-state index contributed by atoms with van der Waals surface area (Å²) in [6.45, 7) is -0.817. The fraction of sp³-hybridized carbons (Fsp3) is 0.440. The topological polar surface area (TPSA) is 143 Å². The molecular weight excluding hydrogens is 444 g/mol. The van der Waals surface area contributed by atoms with Crippen molar-refractivity contribution in [3.8, 4) is 23.0 Å². The second-order valence-corrected chi connectivity index (χ2v) is 8.32. The lowest BCUT2D eigenvalue weighted by atomic mass is 9.67. The molecule has 0 spiro atoms. The predicted octanol–water partition coefficient (Wildman–Crippen LogP) is 1.91. The van der Waals surface area contributed by atoms with Gasteiger partial charge in [0.05, 0.1) is 27.2 Å². The Morgan fingerprint density at radius 3 is 2.32 bits per heavy atom. The van der Waals surface area contributed by atoms with Gasteiger partial charge in [-0.15, -0.1) is 0 Å². The van der Waals surface area contributed by atoms with E-state index in [9.17, 15) is 24.9 Å². The number of aromatic hydroxyl groups is 2. The summed E-state index contributed by atoms with van der Waals surface area (Å²) in [5.41, 5.74) is 2.41. The van der Waals surface area contributed by atoms with Crippen LogP contribution in [0.15, 0.2) is 30.3 Å². The molecule has 0 amide bonds. The van der Waals surface area contributed by atoms with Crippen LogP contribution < -0.4 is 9.47 Å². The third kappa shape index (κ3) is 5.43. The predicted molar refractivity (Wildman–Crippen MR) is 121 cm³/mol. The molecule has 34 heavy (non-hydrogen) atoms. The number of methoxy groups -OCH3 is 2. The van der Waals surface area contributed by atoms with Gasteiger partial charge in [-0.2, -0.15) is 0 Å². The number of carbonyl (C=O) groups excluding carboxylic acids is 2. The number of esters is 1. The number of benzene rings is 2. The molecule has 0 radical (unpaired) electrons. The Morgan fingerprint density at radius 2 is 1.68 bits per heavy atom. The third-order valence-corrected chi connectivity index (χ3v) is 6.31. The van der Waals surface area contributed by atoms with Crippen LogP contribution >= 0.6 is 0 Å². The first-order valence-electron chi connectivity index (χ1n) is 11.0. The van der Waals surface area contributed by atoms with Crippen LogP contribution in [-0.2, 0) is 20.7 Å². The maximum atomic E-state index is 12.1. The second-order valence-electron chi connectivity index (χ2n) is 8.32. The highest BCUT2D eigenvalue weighted by molar-refractivity contribution is 5.83. The van der Waals surface area contributed by atoms with Crippen molar-refractivity contribution in [2.45, 2.75) is 25.2 Å². The molecule has 1 aliphatic carbocycles. The molecule has 0 aliphatic heterocycles. The van der Waals surface area contributed by atoms with Crippen molar-refractivity contribution >= 4 is 11.8 Å². The van der Waals surface area contributed by atoms with E-state index in [-0.39, 0.29) is 61.1 Å². The van der Waals surface area contributed by atoms with Gasteiger partial charge in [0.2, 0.25) is 0 Å². The molecule has 3 atom stereocenters. The molecule has 2 aromatic rings. The highest BCUT2D eigenvalue weighted by Crippen LogP contribution is 2.48. The van der Waals surface area contributed by atoms with Gasteiger partial charge in [0.15, 0.2) is 28.8 Å². The second kappa shape index (κ2) is 11.2. The normalized spacial score (nSPS) is 19.2. The van der Waals surface area contributed by atoms with Gasteiger partial charge in [0, 0.05) is 24.9 Å². The summed E-state index contributed by atoms with van der Waals surface area (Å²) >= 11 is 0. The van der Waals surface area contributed by atoms with Gasteiger partial charge >= 0.3 is 5.97 Å². The van der Waals surface area contributed by atoms with E-state index in [4.69, 9.17) is 19.3 Å². The van der Waals surface area contributed by atoms with E-state index >= 15 is 0 Å². The standard InChI is InChI=1S/C25H30O9/c1-32-22-8-14(3-5-20(22)29)25-18-10-21(30)23(33-2)9-15(18)7-16(19(25)12-27)13-34-24(31)6-4-17(28)11-26/h3,5,8-10,16,19,25-27,29-30H,4,6-7,11-13H2,1-2H3/t16-,19-,25-/m0/s1. The quantitative estimate of drug-likeness (QED) is 0.380. The fourth-order valence-corrected chi connectivity index (χ4v) is 4.54. The number of carbonyl (C=O) groups is 2. The number of phenols is 2. The van der Waals surface area contributed by atoms with Crippen LogP contribution in [-0.4, -0.2) is 66.2 Å². The molecule has 9 nitrogen and oxygen atoms in total. The van der Waals surface area contributed by atoms with Crippen LogP contribution in [0.5, 0.6) is 23.0 Å². The highest BCUT2D eigenvalue weighted by Gasteiger charge is 2.39. The van der Waals surface area contributed by atoms with E-state index in [2.05, 4.69) is 0 Å². The number of Topliss-reactive ketones (excluding diaryl/α,β-unsaturated/α-hetero) is 1. The first-order chi connectivity index (χ1) is 16.3. The molecule has 0 saturated heterocycles. The average Bonchev–Trinajstić information content (AvgIpc) is 2.85. The first-order valence-corrected chi connectivity index (χ1v) is 11.0. The number of aliphatic hydroxyl groups is 2. The summed E-state index contributed by atoms with van der Waals surface area (Å²) in [7, 11) is 2.90. The van der Waals surface area contributed by atoms with Crippen LogP contribution in [0, 0.1) is 11.8 Å². The van der Waals surface area contributed by atoms with Crippen LogP contribution in [0.3, 0.4) is 0 Å². The number of ketones is 1. The summed E-state index contributed by atoms with van der Waals surface area (Å²) in [6.07, 6.45) is 0.233. The minimum absolute atomic E-state index is 0.0196. The summed E-state index contributed by atoms with van der Waals surface area (Å²) < 4.78 is 15.9. The van der Waals surface area contributed by atoms with Crippen LogP contribution in [0.2, 0.25) is 0 Å². The Balaban J connectivity index is 1.95. The summed E-state index contributed by atoms with van der Waals surface area (Å²) in [4.78, 5) is 23.4. The minimum Gasteiger partial charge on any atom is -0.504 e. The summed E-state index contributed by atoms with van der Waals surface area (Å²) in [6, 6.07) is 8.27. The van der Waals surface area contributed by atoms with Crippen molar-refractivity contribution in [2.75, 3.05) is 34.0 Å². The molecule has 0 fully saturated rings. The Labute approximate surface area is 197 Å². The molecule has 0 unspecified atom stereocenters. The van der Waals surface area contributed by atoms with Crippen LogP contribution in [0.25, 0.3) is 0 Å². The van der Waals surface area contributed by atoms with Crippen LogP contribution in [0.1, 0.15) is 35.4 Å². The number of ether oxygens (including phenoxy) is 3. The van der Waals surface area contributed by atoms with Gasteiger partial charge < -0.3 is 34.6 Å². The molecule has 3 rings (SSSR count). The summed E-state index contributed by atoms with van der Waals surface area (Å²) in [5.74, 6) is -1.51. The van der Waals surface area contributed by atoms with E-state index in [0.717, 1.165) is 16.7 Å². The first kappa shape index (κ1) is 25.3. The van der Waals surface area contributed by atoms with Crippen molar-refractivity contribution in [1.82, 2.24) is 0 Å². The molecule has 0 heterocycles. The molecule has 184 valence electrons. The summed E-state index contributed by atoms with van der Waals surface area (Å²) in [5, 5.41) is 39.7. The van der Waals surface area contributed by atoms with E-state index in [1.165, 1.54) is 20.3 Å². The Hall–Kier alpha value is -3.30. The lowest BCUT2D eigenvalue weighted by Gasteiger charge is -2.39. The van der Waals surface area contributed by atoms with E-state index in [0.29, 0.717) is 12.2 Å². The van der Waals surface area contributed by atoms with E-state index < -0.39 is 18.4 Å². The van der Waals surface area contributed by atoms with Gasteiger partial charge in [0.25, 0.3) is 0 Å². The molecule has 0 saturated carbocycles. The Kier molecular flexibility index (Phi) is 8.36. The smallest absolute Gasteiger partial charge is 0.306 e. The lowest BCUT2D eigenvalue weighted by molar-refractivity contribution is -0.147. The minimum atomic E-state index is -0.619. The average molecular weight is 475 g/mol. The number of hydrogen-bond donors (Lipinski definition) is 4. The number of rotatable bonds is 10. The maximum Gasteiger partial charge on any atom is 0.306 e. The molecule has 2 aromatic carbocycles. The van der Waals surface area contributed by atoms with Crippen molar-refractivity contribution in [3.05, 3.63) is 47.0 Å². The molecule has 1 aliphatic rings. The molecule has 0 aromatic heterocycles. The van der Waals surface area contributed by atoms with Crippen molar-refractivity contribution in [2.24, 2.45) is 11.8 Å². The van der Waals surface area contributed by atoms with Gasteiger partial charge in [-0.1, -0.05) is 6.07 Å². The number of phenolic OH excluding ortho intramolecular Hbond substituents is 2. The highest BCUT2D eigenvalue weighted by atomic mass is 16.5. The van der Waals surface area contributed by atoms with Gasteiger partial charge in [-0.3, -0.25) is 9.59 Å². The zero-order valence-corrected chi connectivity index (χ0v) is 19.2.